The van der Waals surface area contributed by atoms with Gasteiger partial charge in [0.2, 0.25) is 0 Å². The van der Waals surface area contributed by atoms with E-state index in [0.29, 0.717) is 0 Å². The van der Waals surface area contributed by atoms with Crippen LogP contribution in [-0.2, 0) is 4.74 Å². The lowest BCUT2D eigenvalue weighted by atomic mass is 9.91. The number of carbonyl (C=O) groups excluding carboxylic acids is 1. The lowest BCUT2D eigenvalue weighted by molar-refractivity contribution is 0.0492. The number of alkyl carbamates (subject to hydrolysis) is 1. The van der Waals surface area contributed by atoms with Crippen molar-refractivity contribution in [2.24, 2.45) is 0 Å². The fourth-order valence-corrected chi connectivity index (χ4v) is 3.39. The Balaban J connectivity index is 1.89. The van der Waals surface area contributed by atoms with E-state index in [-0.39, 0.29) is 24.0 Å². The van der Waals surface area contributed by atoms with Crippen molar-refractivity contribution in [2.45, 2.75) is 64.1 Å². The number of halogens is 2. The molecule has 2 atom stereocenters. The van der Waals surface area contributed by atoms with Gasteiger partial charge in [0.15, 0.2) is 0 Å². The van der Waals surface area contributed by atoms with Crippen LogP contribution in [0.2, 0.25) is 0 Å². The molecule has 4 nitrogen and oxygen atoms in total. The van der Waals surface area contributed by atoms with Gasteiger partial charge in [0.05, 0.1) is 0 Å². The standard InChI is InChI=1S/C17H24FIN2O2/c1-17(2,3)23-16(22)21-13-6-4-5-12(10-13)20-15-8-7-11(18)9-14(15)19/h7-9,12-13,20H,4-6,10H2,1-3H3,(H,21,22). The molecule has 1 aliphatic rings. The van der Waals surface area contributed by atoms with Crippen molar-refractivity contribution in [1.82, 2.24) is 5.32 Å². The normalized spacial score (nSPS) is 21.6. The zero-order chi connectivity index (χ0) is 17.0. The number of hydrogen-bond donors (Lipinski definition) is 2. The number of ether oxygens (including phenoxy) is 1. The first kappa shape index (κ1) is 18.3. The summed E-state index contributed by atoms with van der Waals surface area (Å²) < 4.78 is 19.4. The minimum absolute atomic E-state index is 0.106. The average Bonchev–Trinajstić information content (AvgIpc) is 2.40. The Morgan fingerprint density at radius 2 is 2.00 bits per heavy atom. The van der Waals surface area contributed by atoms with E-state index < -0.39 is 5.60 Å². The van der Waals surface area contributed by atoms with Crippen molar-refractivity contribution in [2.75, 3.05) is 5.32 Å². The Hall–Kier alpha value is -1.05. The maximum atomic E-state index is 13.2. The highest BCUT2D eigenvalue weighted by atomic mass is 127. The van der Waals surface area contributed by atoms with Crippen LogP contribution in [-0.4, -0.2) is 23.8 Å². The fraction of sp³-hybridized carbons (Fsp3) is 0.588. The number of rotatable bonds is 3. The van der Waals surface area contributed by atoms with Gasteiger partial charge in [-0.15, -0.1) is 0 Å². The molecule has 0 spiro atoms. The van der Waals surface area contributed by atoms with Crippen LogP contribution in [0.25, 0.3) is 0 Å². The van der Waals surface area contributed by atoms with Gasteiger partial charge < -0.3 is 15.4 Å². The van der Waals surface area contributed by atoms with Crippen LogP contribution in [0.15, 0.2) is 18.2 Å². The molecule has 1 aliphatic carbocycles. The molecule has 0 saturated heterocycles. The molecule has 1 saturated carbocycles. The van der Waals surface area contributed by atoms with E-state index in [1.807, 2.05) is 20.8 Å². The predicted octanol–water partition coefficient (Wildman–Crippen LogP) is 4.68. The van der Waals surface area contributed by atoms with Gasteiger partial charge in [-0.2, -0.15) is 0 Å². The molecule has 128 valence electrons. The summed E-state index contributed by atoms with van der Waals surface area (Å²) in [5.41, 5.74) is 0.454. The minimum Gasteiger partial charge on any atom is -0.444 e. The largest absolute Gasteiger partial charge is 0.444 e. The second-order valence-corrected chi connectivity index (χ2v) is 8.14. The molecule has 6 heteroatoms. The van der Waals surface area contributed by atoms with Crippen LogP contribution >= 0.6 is 22.6 Å². The fourth-order valence-electron chi connectivity index (χ4n) is 2.75. The monoisotopic (exact) mass is 434 g/mol. The van der Waals surface area contributed by atoms with Crippen molar-refractivity contribution in [3.8, 4) is 0 Å². The molecule has 0 aliphatic heterocycles. The zero-order valence-electron chi connectivity index (χ0n) is 13.8. The summed E-state index contributed by atoms with van der Waals surface area (Å²) >= 11 is 2.13. The third-order valence-electron chi connectivity index (χ3n) is 3.69. The quantitative estimate of drug-likeness (QED) is 0.680. The number of benzene rings is 1. The molecule has 0 bridgehead atoms. The first-order valence-electron chi connectivity index (χ1n) is 7.94. The summed E-state index contributed by atoms with van der Waals surface area (Å²) in [4.78, 5) is 11.9. The molecular formula is C17H24FIN2O2. The van der Waals surface area contributed by atoms with Crippen molar-refractivity contribution in [1.29, 1.82) is 0 Å². The van der Waals surface area contributed by atoms with Crippen LogP contribution in [0.1, 0.15) is 46.5 Å². The van der Waals surface area contributed by atoms with E-state index in [2.05, 4.69) is 33.2 Å². The van der Waals surface area contributed by atoms with Crippen LogP contribution < -0.4 is 10.6 Å². The molecule has 0 aromatic heterocycles. The zero-order valence-corrected chi connectivity index (χ0v) is 15.9. The molecule has 23 heavy (non-hydrogen) atoms. The van der Waals surface area contributed by atoms with Crippen molar-refractivity contribution >= 4 is 34.4 Å². The average molecular weight is 434 g/mol. The molecular weight excluding hydrogens is 410 g/mol. The van der Waals surface area contributed by atoms with E-state index in [9.17, 15) is 9.18 Å². The number of nitrogens with one attached hydrogen (secondary N) is 2. The molecule has 2 N–H and O–H groups in total. The lowest BCUT2D eigenvalue weighted by Gasteiger charge is -2.32. The summed E-state index contributed by atoms with van der Waals surface area (Å²) in [5.74, 6) is -0.229. The molecule has 2 rings (SSSR count). The highest BCUT2D eigenvalue weighted by Gasteiger charge is 2.25. The summed E-state index contributed by atoms with van der Waals surface area (Å²) in [6.07, 6.45) is 3.51. The molecule has 0 heterocycles. The molecule has 2 unspecified atom stereocenters. The van der Waals surface area contributed by atoms with Gasteiger partial charge in [-0.25, -0.2) is 9.18 Å². The predicted molar refractivity (Wildman–Crippen MR) is 98.2 cm³/mol. The van der Waals surface area contributed by atoms with Crippen LogP contribution in [0.5, 0.6) is 0 Å². The van der Waals surface area contributed by atoms with Gasteiger partial charge in [-0.3, -0.25) is 0 Å². The van der Waals surface area contributed by atoms with Gasteiger partial charge >= 0.3 is 6.09 Å². The Kier molecular flexibility index (Phi) is 6.11. The van der Waals surface area contributed by atoms with Gasteiger partial charge in [0, 0.05) is 21.3 Å². The van der Waals surface area contributed by atoms with E-state index in [0.717, 1.165) is 34.9 Å². The number of amides is 1. The molecule has 1 fully saturated rings. The lowest BCUT2D eigenvalue weighted by Crippen LogP contribution is -2.43. The highest BCUT2D eigenvalue weighted by Crippen LogP contribution is 2.26. The van der Waals surface area contributed by atoms with Gasteiger partial charge in [-0.05, 0) is 87.2 Å². The third kappa shape index (κ3) is 6.16. The number of hydrogen-bond acceptors (Lipinski definition) is 3. The van der Waals surface area contributed by atoms with E-state index in [1.165, 1.54) is 12.1 Å². The Labute approximate surface area is 150 Å². The third-order valence-corrected chi connectivity index (χ3v) is 4.58. The van der Waals surface area contributed by atoms with Crippen LogP contribution in [0.3, 0.4) is 0 Å². The summed E-state index contributed by atoms with van der Waals surface area (Å²) in [7, 11) is 0. The molecule has 1 amide bonds. The molecule has 1 aromatic rings. The Morgan fingerprint density at radius 1 is 1.30 bits per heavy atom. The Bertz CT molecular complexity index is 560. The van der Waals surface area contributed by atoms with Crippen LogP contribution in [0, 0.1) is 9.39 Å². The Morgan fingerprint density at radius 3 is 2.65 bits per heavy atom. The smallest absolute Gasteiger partial charge is 0.407 e. The maximum Gasteiger partial charge on any atom is 0.407 e. The maximum absolute atomic E-state index is 13.2. The van der Waals surface area contributed by atoms with Crippen molar-refractivity contribution < 1.29 is 13.9 Å². The second-order valence-electron chi connectivity index (χ2n) is 6.98. The van der Waals surface area contributed by atoms with E-state index in [4.69, 9.17) is 4.74 Å². The van der Waals surface area contributed by atoms with Gasteiger partial charge in [0.25, 0.3) is 0 Å². The molecule has 1 aromatic carbocycles. The minimum atomic E-state index is -0.485. The first-order valence-corrected chi connectivity index (χ1v) is 9.02. The van der Waals surface area contributed by atoms with Crippen molar-refractivity contribution in [3.63, 3.8) is 0 Å². The first-order chi connectivity index (χ1) is 10.7. The summed E-state index contributed by atoms with van der Waals surface area (Å²) in [6.45, 7) is 5.57. The van der Waals surface area contributed by atoms with E-state index in [1.54, 1.807) is 6.07 Å². The highest BCUT2D eigenvalue weighted by molar-refractivity contribution is 14.1. The van der Waals surface area contributed by atoms with Gasteiger partial charge in [-0.1, -0.05) is 0 Å². The number of carbonyl (C=O) groups is 1. The van der Waals surface area contributed by atoms with Crippen molar-refractivity contribution in [3.05, 3.63) is 27.6 Å². The summed E-state index contributed by atoms with van der Waals surface area (Å²) in [6, 6.07) is 5.12. The van der Waals surface area contributed by atoms with Crippen LogP contribution in [0.4, 0.5) is 14.9 Å². The number of anilines is 1. The molecule has 0 radical (unpaired) electrons. The SMILES string of the molecule is CC(C)(C)OC(=O)NC1CCCC(Nc2ccc(F)cc2I)C1. The van der Waals surface area contributed by atoms with Gasteiger partial charge in [0.1, 0.15) is 11.4 Å². The topological polar surface area (TPSA) is 50.4 Å². The van der Waals surface area contributed by atoms with E-state index >= 15 is 0 Å². The second kappa shape index (κ2) is 7.68. The summed E-state index contributed by atoms with van der Waals surface area (Å²) in [5, 5.41) is 6.41.